The lowest BCUT2D eigenvalue weighted by atomic mass is 9.73. The maximum Gasteiger partial charge on any atom is 0.309 e. The maximum absolute atomic E-state index is 13.8. The Hall–Kier alpha value is -2.34. The van der Waals surface area contributed by atoms with Gasteiger partial charge < -0.3 is 5.11 Å². The molecule has 0 bridgehead atoms. The zero-order valence-electron chi connectivity index (χ0n) is 25.1. The molecule has 0 radical (unpaired) electrons. The van der Waals surface area contributed by atoms with Gasteiger partial charge in [0.05, 0.1) is 23.4 Å². The molecule has 43 heavy (non-hydrogen) atoms. The predicted molar refractivity (Wildman–Crippen MR) is 164 cm³/mol. The molecule has 7 rings (SSSR count). The van der Waals surface area contributed by atoms with Crippen LogP contribution in [0, 0.1) is 41.4 Å². The summed E-state index contributed by atoms with van der Waals surface area (Å²) in [5.74, 6) is 0.977. The molecule has 3 aliphatic heterocycles. The van der Waals surface area contributed by atoms with Gasteiger partial charge in [-0.2, -0.15) is 9.42 Å². The van der Waals surface area contributed by atoms with Crippen LogP contribution in [0.3, 0.4) is 0 Å². The summed E-state index contributed by atoms with van der Waals surface area (Å²) in [5.41, 5.74) is 7.48. The summed E-state index contributed by atoms with van der Waals surface area (Å²) in [6.07, 6.45) is 20.5. The van der Waals surface area contributed by atoms with Crippen LogP contribution in [0.4, 0.5) is 0 Å². The second kappa shape index (κ2) is 11.9. The summed E-state index contributed by atoms with van der Waals surface area (Å²) in [6.45, 7) is 4.56. The Bertz CT molecular complexity index is 1360. The van der Waals surface area contributed by atoms with Crippen LogP contribution in [0.1, 0.15) is 58.3 Å². The number of allylic oxidation sites excluding steroid dienone is 7. The zero-order valence-corrected chi connectivity index (χ0v) is 25.9. The van der Waals surface area contributed by atoms with Gasteiger partial charge in [-0.25, -0.2) is 13.4 Å². The van der Waals surface area contributed by atoms with Crippen LogP contribution in [0.15, 0.2) is 57.3 Å². The molecule has 10 nitrogen and oxygen atoms in total. The molecule has 2 fully saturated rings. The number of hydrazine groups is 1. The van der Waals surface area contributed by atoms with Gasteiger partial charge in [-0.05, 0) is 92.4 Å². The minimum absolute atomic E-state index is 0.0505. The molecule has 4 aliphatic carbocycles. The highest BCUT2D eigenvalue weighted by atomic mass is 32.2. The quantitative estimate of drug-likeness (QED) is 0.372. The number of rotatable bonds is 7. The van der Waals surface area contributed by atoms with E-state index in [1.807, 2.05) is 6.08 Å². The number of carboxylic acid groups (broad SMARTS) is 1. The highest BCUT2D eigenvalue weighted by Crippen LogP contribution is 2.51. The topological polar surface area (TPSA) is 127 Å². The van der Waals surface area contributed by atoms with Crippen molar-refractivity contribution >= 4 is 16.0 Å². The Morgan fingerprint density at radius 3 is 2.77 bits per heavy atom. The van der Waals surface area contributed by atoms with E-state index >= 15 is 0 Å². The molecule has 11 heteroatoms. The van der Waals surface area contributed by atoms with Crippen molar-refractivity contribution < 1.29 is 18.3 Å². The van der Waals surface area contributed by atoms with Crippen LogP contribution in [0.5, 0.6) is 0 Å². The second-order valence-electron chi connectivity index (χ2n) is 14.1. The highest BCUT2D eigenvalue weighted by molar-refractivity contribution is 7.93. The summed E-state index contributed by atoms with van der Waals surface area (Å²) >= 11 is 0. The normalized spacial score (nSPS) is 42.5. The summed E-state index contributed by atoms with van der Waals surface area (Å²) in [5, 5.41) is 20.7. The van der Waals surface area contributed by atoms with Crippen molar-refractivity contribution in [3.63, 3.8) is 0 Å². The van der Waals surface area contributed by atoms with Crippen molar-refractivity contribution in [3.05, 3.63) is 46.9 Å². The lowest BCUT2D eigenvalue weighted by Crippen LogP contribution is -2.49. The van der Waals surface area contributed by atoms with Crippen LogP contribution in [0.2, 0.25) is 0 Å². The monoisotopic (exact) mass is 610 g/mol. The first-order chi connectivity index (χ1) is 20.8. The molecule has 7 aliphatic rings. The van der Waals surface area contributed by atoms with E-state index in [0.717, 1.165) is 57.1 Å². The number of sulfonamides is 1. The van der Waals surface area contributed by atoms with Gasteiger partial charge in [-0.3, -0.25) is 15.6 Å². The lowest BCUT2D eigenvalue weighted by Gasteiger charge is -2.40. The number of carbonyl (C=O) groups is 1. The smallest absolute Gasteiger partial charge is 0.309 e. The van der Waals surface area contributed by atoms with E-state index < -0.39 is 21.9 Å². The number of carboxylic acids is 1. The molecule has 0 aromatic heterocycles. The number of aliphatic carboxylic acids is 1. The Labute approximate surface area is 255 Å². The fourth-order valence-electron chi connectivity index (χ4n) is 8.93. The van der Waals surface area contributed by atoms with Crippen LogP contribution in [0.25, 0.3) is 0 Å². The van der Waals surface area contributed by atoms with E-state index in [2.05, 4.69) is 63.5 Å². The van der Waals surface area contributed by atoms with E-state index in [4.69, 9.17) is 0 Å². The van der Waals surface area contributed by atoms with E-state index in [1.54, 1.807) is 4.31 Å². The summed E-state index contributed by atoms with van der Waals surface area (Å²) in [6, 6.07) is 0.239. The molecule has 1 saturated carbocycles. The number of hydrogen-bond acceptors (Lipinski definition) is 8. The average Bonchev–Trinajstić information content (AvgIpc) is 3.39. The second-order valence-corrected chi connectivity index (χ2v) is 16.0. The standard InChI is InChI=1S/C32H46N6O4S/c1-20-12-24-7-2-3-11-30(24)43(41,42)37(18-20)19-21-6-4-8-22(13-21)23-9-5-10-25(14-23)38-31(28(16-34-38)32(39)40)27-15-26(27)29-17-33-36-35-29/h2,4-5,7-8,10,20-23,25-29,31,34H,3,6,9,11-19H2,1H3,(H,33,35)(H,39,40)/t20-,21?,22?,23?,25?,26+,27+,28?,29?,31?/m0/s1. The number of nitrogens with one attached hydrogen (secondary N) is 2. The fraction of sp³-hybridized carbons (Fsp3) is 0.719. The predicted octanol–water partition coefficient (Wildman–Crippen LogP) is 4.04. The molecular weight excluding hydrogens is 564 g/mol. The van der Waals surface area contributed by atoms with Crippen molar-refractivity contribution in [3.8, 4) is 0 Å². The first-order valence-corrected chi connectivity index (χ1v) is 17.8. The third kappa shape index (κ3) is 5.78. The molecule has 234 valence electrons. The van der Waals surface area contributed by atoms with Gasteiger partial charge in [-0.1, -0.05) is 48.6 Å². The van der Waals surface area contributed by atoms with Crippen LogP contribution in [-0.2, 0) is 14.8 Å². The zero-order chi connectivity index (χ0) is 29.7. The summed E-state index contributed by atoms with van der Waals surface area (Å²) in [7, 11) is -3.44. The highest BCUT2D eigenvalue weighted by Gasteiger charge is 2.57. The van der Waals surface area contributed by atoms with E-state index in [9.17, 15) is 18.3 Å². The fourth-order valence-corrected chi connectivity index (χ4v) is 11.0. The molecule has 3 N–H and O–H groups in total. The first kappa shape index (κ1) is 29.4. The Morgan fingerprint density at radius 1 is 1.09 bits per heavy atom. The van der Waals surface area contributed by atoms with Crippen LogP contribution < -0.4 is 10.9 Å². The SMILES string of the molecule is C[C@H]1CC2=C(CCC=C2)S(=O)(=O)N(CC2CC=CC(C3CC=CC(N4NCC(C(=O)O)C4[C@@H]4C[C@H]4C4CNN=N4)C3)C2)C1. The molecule has 0 aromatic carbocycles. The minimum Gasteiger partial charge on any atom is -0.481 e. The summed E-state index contributed by atoms with van der Waals surface area (Å²) < 4.78 is 29.3. The van der Waals surface area contributed by atoms with E-state index in [0.29, 0.717) is 66.5 Å². The molecular formula is C32H46N6O4S. The third-order valence-corrected chi connectivity index (χ3v) is 13.2. The van der Waals surface area contributed by atoms with E-state index in [1.165, 1.54) is 0 Å². The van der Waals surface area contributed by atoms with Crippen molar-refractivity contribution in [2.45, 2.75) is 76.4 Å². The van der Waals surface area contributed by atoms with Gasteiger partial charge in [0.1, 0.15) is 0 Å². The van der Waals surface area contributed by atoms with Crippen molar-refractivity contribution in [1.29, 1.82) is 0 Å². The summed E-state index contributed by atoms with van der Waals surface area (Å²) in [4.78, 5) is 12.9. The Kier molecular flexibility index (Phi) is 8.11. The maximum atomic E-state index is 13.8. The molecule has 0 spiro atoms. The van der Waals surface area contributed by atoms with Crippen molar-refractivity contribution in [2.24, 2.45) is 51.8 Å². The average molecular weight is 611 g/mol. The van der Waals surface area contributed by atoms with Gasteiger partial charge >= 0.3 is 5.97 Å². The molecule has 0 aromatic rings. The lowest BCUT2D eigenvalue weighted by molar-refractivity contribution is -0.142. The van der Waals surface area contributed by atoms with Crippen LogP contribution in [-0.4, -0.2) is 73.1 Å². The first-order valence-electron chi connectivity index (χ1n) is 16.4. The molecule has 3 heterocycles. The van der Waals surface area contributed by atoms with Gasteiger partial charge in [-0.15, -0.1) is 0 Å². The molecule has 1 saturated heterocycles. The molecule has 0 amide bonds. The number of hydrogen-bond donors (Lipinski definition) is 3. The van der Waals surface area contributed by atoms with Gasteiger partial charge in [0, 0.05) is 31.7 Å². The van der Waals surface area contributed by atoms with Gasteiger partial charge in [0.25, 0.3) is 0 Å². The molecule has 10 atom stereocenters. The Balaban J connectivity index is 1.02. The van der Waals surface area contributed by atoms with Gasteiger partial charge in [0.2, 0.25) is 10.0 Å². The third-order valence-electron chi connectivity index (χ3n) is 11.1. The van der Waals surface area contributed by atoms with E-state index in [-0.39, 0.29) is 18.1 Å². The minimum atomic E-state index is -3.44. The van der Waals surface area contributed by atoms with Crippen LogP contribution >= 0.6 is 0 Å². The molecule has 7 unspecified atom stereocenters. The van der Waals surface area contributed by atoms with Gasteiger partial charge in [0.15, 0.2) is 0 Å². The largest absolute Gasteiger partial charge is 0.481 e. The Morgan fingerprint density at radius 2 is 1.95 bits per heavy atom. The van der Waals surface area contributed by atoms with Crippen molar-refractivity contribution in [1.82, 2.24) is 20.2 Å². The van der Waals surface area contributed by atoms with Crippen molar-refractivity contribution in [2.75, 3.05) is 26.2 Å². The number of nitrogens with zero attached hydrogens (tertiary/aromatic N) is 4.